The van der Waals surface area contributed by atoms with Crippen molar-refractivity contribution in [3.8, 4) is 0 Å². The van der Waals surface area contributed by atoms with Crippen molar-refractivity contribution < 1.29 is 13.2 Å². The maximum absolute atomic E-state index is 12.0. The number of carbonyl (C=O) groups excluding carboxylic acids is 1. The van der Waals surface area contributed by atoms with Gasteiger partial charge in [0, 0.05) is 19.0 Å². The summed E-state index contributed by atoms with van der Waals surface area (Å²) in [6, 6.07) is 9.44. The van der Waals surface area contributed by atoms with Gasteiger partial charge in [0.1, 0.15) is 0 Å². The predicted octanol–water partition coefficient (Wildman–Crippen LogP) is 1.67. The number of sulfone groups is 1. The lowest BCUT2D eigenvalue weighted by Gasteiger charge is -2.10. The number of halogens is 1. The van der Waals surface area contributed by atoms with E-state index in [9.17, 15) is 13.2 Å². The van der Waals surface area contributed by atoms with Crippen LogP contribution in [0.2, 0.25) is 0 Å². The molecule has 2 N–H and O–H groups in total. The monoisotopic (exact) mass is 360 g/mol. The van der Waals surface area contributed by atoms with Crippen molar-refractivity contribution in [2.75, 3.05) is 18.8 Å². The molecule has 1 heterocycles. The molecule has 130 valence electrons. The normalized spacial score (nSPS) is 17.5. The molecule has 0 aromatic heterocycles. The SMILES string of the molecule is Cl.O=C(CC1CCCN1)NCCCS(=O)(=O)Cc1ccccc1. The molecule has 1 aromatic rings. The number of rotatable bonds is 8. The predicted molar refractivity (Wildman–Crippen MR) is 94.4 cm³/mol. The van der Waals surface area contributed by atoms with Gasteiger partial charge in [0.25, 0.3) is 0 Å². The summed E-state index contributed by atoms with van der Waals surface area (Å²) in [5.41, 5.74) is 0.804. The standard InChI is InChI=1S/C16H24N2O3S.ClH/c19-16(12-15-8-4-9-17-15)18-10-5-11-22(20,21)13-14-6-2-1-3-7-14;/h1-3,6-7,15,17H,4-5,8-13H2,(H,18,19);1H. The zero-order chi connectivity index (χ0) is 15.8. The Morgan fingerprint density at radius 2 is 2.00 bits per heavy atom. The molecule has 1 saturated heterocycles. The van der Waals surface area contributed by atoms with E-state index in [0.29, 0.717) is 19.4 Å². The van der Waals surface area contributed by atoms with Crippen LogP contribution in [-0.4, -0.2) is 39.2 Å². The number of carbonyl (C=O) groups is 1. The van der Waals surface area contributed by atoms with Crippen molar-refractivity contribution in [2.45, 2.75) is 37.5 Å². The molecule has 1 aromatic carbocycles. The first-order valence-corrected chi connectivity index (χ1v) is 9.62. The summed E-state index contributed by atoms with van der Waals surface area (Å²) in [5, 5.41) is 6.08. The highest BCUT2D eigenvalue weighted by Crippen LogP contribution is 2.09. The summed E-state index contributed by atoms with van der Waals surface area (Å²) in [5.74, 6) is 0.164. The minimum absolute atomic E-state index is 0. The van der Waals surface area contributed by atoms with E-state index in [1.807, 2.05) is 30.3 Å². The Hall–Kier alpha value is -1.11. The second-order valence-electron chi connectivity index (χ2n) is 5.78. The average Bonchev–Trinajstić information content (AvgIpc) is 2.97. The highest BCUT2D eigenvalue weighted by molar-refractivity contribution is 7.90. The Morgan fingerprint density at radius 3 is 2.65 bits per heavy atom. The van der Waals surface area contributed by atoms with E-state index in [0.717, 1.165) is 24.9 Å². The first kappa shape index (κ1) is 19.9. The minimum Gasteiger partial charge on any atom is -0.356 e. The number of benzene rings is 1. The first-order chi connectivity index (χ1) is 10.6. The average molecular weight is 361 g/mol. The summed E-state index contributed by atoms with van der Waals surface area (Å²) < 4.78 is 24.0. The summed E-state index contributed by atoms with van der Waals surface area (Å²) in [6.45, 7) is 1.40. The summed E-state index contributed by atoms with van der Waals surface area (Å²) in [6.07, 6.45) is 3.10. The number of amides is 1. The van der Waals surface area contributed by atoms with Gasteiger partial charge in [-0.2, -0.15) is 0 Å². The van der Waals surface area contributed by atoms with Crippen LogP contribution in [0.4, 0.5) is 0 Å². The largest absolute Gasteiger partial charge is 0.356 e. The Morgan fingerprint density at radius 1 is 1.26 bits per heavy atom. The zero-order valence-electron chi connectivity index (χ0n) is 13.2. The summed E-state index contributed by atoms with van der Waals surface area (Å²) >= 11 is 0. The van der Waals surface area contributed by atoms with Gasteiger partial charge in [-0.05, 0) is 31.4 Å². The third-order valence-electron chi connectivity index (χ3n) is 3.78. The van der Waals surface area contributed by atoms with E-state index in [2.05, 4.69) is 10.6 Å². The topological polar surface area (TPSA) is 75.3 Å². The molecule has 0 bridgehead atoms. The van der Waals surface area contributed by atoms with Crippen molar-refractivity contribution in [3.63, 3.8) is 0 Å². The van der Waals surface area contributed by atoms with Crippen molar-refractivity contribution in [3.05, 3.63) is 35.9 Å². The van der Waals surface area contributed by atoms with E-state index in [-0.39, 0.29) is 35.9 Å². The second kappa shape index (κ2) is 9.90. The summed E-state index contributed by atoms with van der Waals surface area (Å²) in [7, 11) is -3.12. The number of hydrogen-bond donors (Lipinski definition) is 2. The van der Waals surface area contributed by atoms with Crippen LogP contribution >= 0.6 is 12.4 Å². The molecular formula is C16H25ClN2O3S. The van der Waals surface area contributed by atoms with Gasteiger partial charge in [-0.3, -0.25) is 4.79 Å². The third kappa shape index (κ3) is 7.81. The molecule has 0 radical (unpaired) electrons. The van der Waals surface area contributed by atoms with E-state index >= 15 is 0 Å². The summed E-state index contributed by atoms with van der Waals surface area (Å²) in [4.78, 5) is 11.7. The quantitative estimate of drug-likeness (QED) is 0.691. The van der Waals surface area contributed by atoms with Gasteiger partial charge in [0.2, 0.25) is 5.91 Å². The molecule has 1 fully saturated rings. The lowest BCUT2D eigenvalue weighted by Crippen LogP contribution is -2.32. The molecule has 1 atom stereocenters. The molecule has 1 aliphatic rings. The van der Waals surface area contributed by atoms with E-state index < -0.39 is 9.84 Å². The van der Waals surface area contributed by atoms with Gasteiger partial charge in [-0.1, -0.05) is 30.3 Å². The van der Waals surface area contributed by atoms with Gasteiger partial charge in [0.05, 0.1) is 11.5 Å². The molecule has 1 unspecified atom stereocenters. The van der Waals surface area contributed by atoms with Crippen LogP contribution in [-0.2, 0) is 20.4 Å². The van der Waals surface area contributed by atoms with E-state index in [1.54, 1.807) is 0 Å². The molecule has 7 heteroatoms. The van der Waals surface area contributed by atoms with E-state index in [1.165, 1.54) is 0 Å². The van der Waals surface area contributed by atoms with Crippen LogP contribution in [0, 0.1) is 0 Å². The number of hydrogen-bond acceptors (Lipinski definition) is 4. The highest BCUT2D eigenvalue weighted by Gasteiger charge is 2.17. The molecule has 2 rings (SSSR count). The fourth-order valence-corrected chi connectivity index (χ4v) is 4.08. The van der Waals surface area contributed by atoms with Crippen LogP contribution < -0.4 is 10.6 Å². The van der Waals surface area contributed by atoms with Crippen molar-refractivity contribution in [2.24, 2.45) is 0 Å². The van der Waals surface area contributed by atoms with Crippen LogP contribution in [0.3, 0.4) is 0 Å². The first-order valence-electron chi connectivity index (χ1n) is 7.79. The molecule has 0 spiro atoms. The molecule has 1 amide bonds. The van der Waals surface area contributed by atoms with Gasteiger partial charge < -0.3 is 10.6 Å². The Labute approximate surface area is 144 Å². The molecule has 0 saturated carbocycles. The Bertz CT molecular complexity index is 572. The van der Waals surface area contributed by atoms with Crippen LogP contribution in [0.15, 0.2) is 30.3 Å². The van der Waals surface area contributed by atoms with Crippen molar-refractivity contribution >= 4 is 28.2 Å². The lowest BCUT2D eigenvalue weighted by atomic mass is 10.1. The molecule has 23 heavy (non-hydrogen) atoms. The molecule has 0 aliphatic carbocycles. The minimum atomic E-state index is -3.12. The van der Waals surface area contributed by atoms with E-state index in [4.69, 9.17) is 0 Å². The van der Waals surface area contributed by atoms with Crippen LogP contribution in [0.5, 0.6) is 0 Å². The lowest BCUT2D eigenvalue weighted by molar-refractivity contribution is -0.121. The maximum Gasteiger partial charge on any atom is 0.221 e. The fraction of sp³-hybridized carbons (Fsp3) is 0.562. The Kier molecular flexibility index (Phi) is 8.58. The highest BCUT2D eigenvalue weighted by atomic mass is 35.5. The zero-order valence-corrected chi connectivity index (χ0v) is 14.8. The third-order valence-corrected chi connectivity index (χ3v) is 5.46. The van der Waals surface area contributed by atoms with Gasteiger partial charge in [0.15, 0.2) is 9.84 Å². The Balaban J connectivity index is 0.00000264. The van der Waals surface area contributed by atoms with Crippen LogP contribution in [0.1, 0.15) is 31.2 Å². The second-order valence-corrected chi connectivity index (χ2v) is 7.96. The maximum atomic E-state index is 12.0. The van der Waals surface area contributed by atoms with Gasteiger partial charge in [-0.15, -0.1) is 12.4 Å². The van der Waals surface area contributed by atoms with Gasteiger partial charge >= 0.3 is 0 Å². The van der Waals surface area contributed by atoms with Crippen LogP contribution in [0.25, 0.3) is 0 Å². The van der Waals surface area contributed by atoms with Crippen molar-refractivity contribution in [1.29, 1.82) is 0 Å². The fourth-order valence-electron chi connectivity index (χ4n) is 2.65. The van der Waals surface area contributed by atoms with Gasteiger partial charge in [-0.25, -0.2) is 8.42 Å². The van der Waals surface area contributed by atoms with Crippen molar-refractivity contribution in [1.82, 2.24) is 10.6 Å². The number of nitrogens with one attached hydrogen (secondary N) is 2. The molecule has 5 nitrogen and oxygen atoms in total. The molecule has 1 aliphatic heterocycles. The molecular weight excluding hydrogens is 336 g/mol. The smallest absolute Gasteiger partial charge is 0.221 e.